The third-order valence-electron chi connectivity index (χ3n) is 6.99. The van der Waals surface area contributed by atoms with E-state index in [-0.39, 0.29) is 24.6 Å². The smallest absolute Gasteiger partial charge is 0.475 e. The monoisotopic (exact) mass is 602 g/mol. The lowest BCUT2D eigenvalue weighted by Crippen LogP contribution is -2.39. The van der Waals surface area contributed by atoms with E-state index < -0.39 is 24.5 Å². The van der Waals surface area contributed by atoms with E-state index in [0.717, 1.165) is 25.7 Å². The third-order valence-corrected chi connectivity index (χ3v) is 6.99. The molecule has 0 spiro atoms. The first-order valence-corrected chi connectivity index (χ1v) is 13.8. The average Bonchev–Trinajstić information content (AvgIpc) is 2.97. The number of likely N-dealkylation sites (tertiary alicyclic amines) is 1. The van der Waals surface area contributed by atoms with Crippen molar-refractivity contribution in [3.05, 3.63) is 30.1 Å². The summed E-state index contributed by atoms with van der Waals surface area (Å²) in [5.41, 5.74) is 1.73. The maximum Gasteiger partial charge on any atom is 0.490 e. The number of amides is 1. The van der Waals surface area contributed by atoms with E-state index in [1.165, 1.54) is 6.20 Å². The highest BCUT2D eigenvalue weighted by Crippen LogP contribution is 2.29. The molecule has 2 aromatic heterocycles. The molecule has 0 bridgehead atoms. The third kappa shape index (κ3) is 9.74. The number of piperidine rings is 1. The van der Waals surface area contributed by atoms with Gasteiger partial charge < -0.3 is 25.7 Å². The number of alkyl halides is 5. The number of carboxylic acid groups (broad SMARTS) is 1. The molecule has 1 amide bonds. The molecule has 4 N–H and O–H groups in total. The molecule has 1 aliphatic carbocycles. The normalized spacial score (nSPS) is 20.2. The van der Waals surface area contributed by atoms with E-state index in [1.54, 1.807) is 30.2 Å². The number of carboxylic acids is 1. The molecule has 232 valence electrons. The van der Waals surface area contributed by atoms with Crippen molar-refractivity contribution in [1.82, 2.24) is 19.9 Å². The minimum atomic E-state index is -5.08. The Morgan fingerprint density at radius 2 is 1.71 bits per heavy atom. The SMILES string of the molecule is CC[C@H](F)CNc1ncc(-c2ccc(C(=O)N3CCC(F)CC3)cn2)c(NC2CCC(O)CC2)n1.O=C(O)C(F)(F)F. The van der Waals surface area contributed by atoms with Crippen molar-refractivity contribution in [2.24, 2.45) is 0 Å². The molecule has 10 nitrogen and oxygen atoms in total. The van der Waals surface area contributed by atoms with Crippen LogP contribution in [0.25, 0.3) is 11.3 Å². The molecule has 1 saturated heterocycles. The number of nitrogens with zero attached hydrogens (tertiary/aromatic N) is 4. The van der Waals surface area contributed by atoms with Gasteiger partial charge in [0.25, 0.3) is 5.91 Å². The van der Waals surface area contributed by atoms with E-state index >= 15 is 0 Å². The molecule has 42 heavy (non-hydrogen) atoms. The number of aromatic nitrogens is 3. The van der Waals surface area contributed by atoms with Crippen LogP contribution in [0.4, 0.5) is 33.7 Å². The number of pyridine rings is 1. The summed E-state index contributed by atoms with van der Waals surface area (Å²) in [6, 6.07) is 3.61. The Morgan fingerprint density at radius 1 is 1.07 bits per heavy atom. The van der Waals surface area contributed by atoms with Gasteiger partial charge in [-0.25, -0.2) is 18.6 Å². The number of carbonyl (C=O) groups excluding carboxylic acids is 1. The number of carbonyl (C=O) groups is 2. The highest BCUT2D eigenvalue weighted by Gasteiger charge is 2.38. The van der Waals surface area contributed by atoms with Crippen molar-refractivity contribution in [3.63, 3.8) is 0 Å². The minimum Gasteiger partial charge on any atom is -0.475 e. The van der Waals surface area contributed by atoms with E-state index in [9.17, 15) is 31.9 Å². The zero-order valence-electron chi connectivity index (χ0n) is 23.1. The van der Waals surface area contributed by atoms with Crippen LogP contribution in [0.1, 0.15) is 62.2 Å². The molecule has 3 heterocycles. The predicted molar refractivity (Wildman–Crippen MR) is 145 cm³/mol. The van der Waals surface area contributed by atoms with Crippen molar-refractivity contribution in [2.75, 3.05) is 30.3 Å². The second-order valence-corrected chi connectivity index (χ2v) is 10.2. The Kier molecular flexibility index (Phi) is 11.8. The Bertz CT molecular complexity index is 1170. The first-order chi connectivity index (χ1) is 19.9. The lowest BCUT2D eigenvalue weighted by molar-refractivity contribution is -0.192. The van der Waals surface area contributed by atoms with Crippen LogP contribution in [0.3, 0.4) is 0 Å². The first kappa shape index (κ1) is 32.9. The van der Waals surface area contributed by atoms with Gasteiger partial charge in [0, 0.05) is 38.1 Å². The zero-order chi connectivity index (χ0) is 30.9. The van der Waals surface area contributed by atoms with Crippen LogP contribution in [0.2, 0.25) is 0 Å². The molecule has 2 aromatic rings. The highest BCUT2D eigenvalue weighted by atomic mass is 19.4. The number of hydrogen-bond acceptors (Lipinski definition) is 8. The standard InChI is InChI=1S/C25H34F2N6O2.C2HF3O2/c1-2-17(26)14-29-25-30-15-21(23(32-25)31-19-4-6-20(34)7-5-19)22-8-3-16(13-28-22)24(35)33-11-9-18(27)10-12-33;3-2(4,5)1(6)7/h3,8,13,15,17-20,34H,2,4-7,9-12,14H2,1H3,(H2,29,30,31,32);(H,6,7)/t17-,19?,20?;/m0./s1. The van der Waals surface area contributed by atoms with Crippen LogP contribution < -0.4 is 10.6 Å². The number of nitrogens with one attached hydrogen (secondary N) is 2. The second-order valence-electron chi connectivity index (χ2n) is 10.2. The molecule has 0 aromatic carbocycles. The van der Waals surface area contributed by atoms with Gasteiger partial charge >= 0.3 is 12.1 Å². The number of hydrogen-bond donors (Lipinski definition) is 4. The van der Waals surface area contributed by atoms with Crippen molar-refractivity contribution in [2.45, 2.75) is 82.5 Å². The van der Waals surface area contributed by atoms with Crippen molar-refractivity contribution in [3.8, 4) is 11.3 Å². The number of rotatable bonds is 8. The van der Waals surface area contributed by atoms with Gasteiger partial charge in [0.1, 0.15) is 18.2 Å². The Balaban J connectivity index is 0.000000616. The molecule has 2 aliphatic rings. The molecular weight excluding hydrogens is 567 g/mol. The van der Waals surface area contributed by atoms with E-state index in [0.29, 0.717) is 60.9 Å². The van der Waals surface area contributed by atoms with Crippen molar-refractivity contribution in [1.29, 1.82) is 0 Å². The van der Waals surface area contributed by atoms with Crippen LogP contribution in [0.5, 0.6) is 0 Å². The second kappa shape index (κ2) is 15.0. The largest absolute Gasteiger partial charge is 0.490 e. The molecule has 4 rings (SSSR count). The molecule has 15 heteroatoms. The number of aliphatic hydroxyl groups excluding tert-OH is 1. The quantitative estimate of drug-likeness (QED) is 0.319. The molecule has 1 aliphatic heterocycles. The summed E-state index contributed by atoms with van der Waals surface area (Å²) in [7, 11) is 0. The van der Waals surface area contributed by atoms with Gasteiger partial charge in [-0.2, -0.15) is 18.2 Å². The summed E-state index contributed by atoms with van der Waals surface area (Å²) < 4.78 is 58.9. The highest BCUT2D eigenvalue weighted by molar-refractivity contribution is 5.94. The van der Waals surface area contributed by atoms with Crippen LogP contribution in [0, 0.1) is 0 Å². The van der Waals surface area contributed by atoms with Crippen LogP contribution in [-0.4, -0.2) is 92.2 Å². The van der Waals surface area contributed by atoms with Gasteiger partial charge in [0.15, 0.2) is 0 Å². The van der Waals surface area contributed by atoms with Crippen LogP contribution >= 0.6 is 0 Å². The van der Waals surface area contributed by atoms with Gasteiger partial charge in [0.2, 0.25) is 5.95 Å². The van der Waals surface area contributed by atoms with E-state index in [2.05, 4.69) is 25.6 Å². The fraction of sp³-hybridized carbons (Fsp3) is 0.593. The molecular formula is C27H35F5N6O4. The lowest BCUT2D eigenvalue weighted by atomic mass is 9.93. The molecule has 1 saturated carbocycles. The lowest BCUT2D eigenvalue weighted by Gasteiger charge is -2.28. The maximum atomic E-state index is 13.7. The minimum absolute atomic E-state index is 0.125. The fourth-order valence-electron chi connectivity index (χ4n) is 4.44. The van der Waals surface area contributed by atoms with Gasteiger partial charge in [-0.1, -0.05) is 6.92 Å². The summed E-state index contributed by atoms with van der Waals surface area (Å²) in [5.74, 6) is -2.01. The summed E-state index contributed by atoms with van der Waals surface area (Å²) in [4.78, 5) is 36.8. The predicted octanol–water partition coefficient (Wildman–Crippen LogP) is 4.62. The molecule has 2 fully saturated rings. The van der Waals surface area contributed by atoms with Gasteiger partial charge in [0.05, 0.1) is 22.9 Å². The maximum absolute atomic E-state index is 13.7. The number of aliphatic hydroxyl groups is 1. The van der Waals surface area contributed by atoms with Gasteiger partial charge in [-0.05, 0) is 57.1 Å². The zero-order valence-corrected chi connectivity index (χ0v) is 23.1. The van der Waals surface area contributed by atoms with E-state index in [4.69, 9.17) is 9.90 Å². The number of anilines is 2. The summed E-state index contributed by atoms with van der Waals surface area (Å²) in [6.45, 7) is 2.72. The fourth-order valence-corrected chi connectivity index (χ4v) is 4.44. The molecule has 0 unspecified atom stereocenters. The molecule has 0 radical (unpaired) electrons. The van der Waals surface area contributed by atoms with E-state index in [1.807, 2.05) is 0 Å². The Morgan fingerprint density at radius 3 is 2.26 bits per heavy atom. The first-order valence-electron chi connectivity index (χ1n) is 13.8. The van der Waals surface area contributed by atoms with Gasteiger partial charge in [-0.15, -0.1) is 0 Å². The number of halogens is 5. The Hall–Kier alpha value is -3.62. The van der Waals surface area contributed by atoms with Gasteiger partial charge in [-0.3, -0.25) is 9.78 Å². The van der Waals surface area contributed by atoms with Crippen molar-refractivity contribution >= 4 is 23.6 Å². The summed E-state index contributed by atoms with van der Waals surface area (Å²) >= 11 is 0. The number of aliphatic carboxylic acids is 1. The molecule has 1 atom stereocenters. The average molecular weight is 603 g/mol. The summed E-state index contributed by atoms with van der Waals surface area (Å²) in [5, 5.41) is 23.4. The van der Waals surface area contributed by atoms with Crippen LogP contribution in [0.15, 0.2) is 24.5 Å². The summed E-state index contributed by atoms with van der Waals surface area (Å²) in [6.07, 6.45) is 0.187. The van der Waals surface area contributed by atoms with Crippen LogP contribution in [-0.2, 0) is 4.79 Å². The van der Waals surface area contributed by atoms with Crippen molar-refractivity contribution < 1.29 is 41.8 Å². The Labute approximate surface area is 239 Å². The topological polar surface area (TPSA) is 141 Å².